The Hall–Kier alpha value is -3.63. The first-order valence-electron chi connectivity index (χ1n) is 17.0. The number of carbonyl (C=O) groups is 1. The van der Waals surface area contributed by atoms with Crippen molar-refractivity contribution in [3.63, 3.8) is 0 Å². The molecule has 9 heteroatoms. The Balaban J connectivity index is 0.000000129. The van der Waals surface area contributed by atoms with Crippen LogP contribution in [0.3, 0.4) is 0 Å². The van der Waals surface area contributed by atoms with E-state index >= 15 is 0 Å². The van der Waals surface area contributed by atoms with Gasteiger partial charge in [0.1, 0.15) is 12.2 Å². The van der Waals surface area contributed by atoms with E-state index in [4.69, 9.17) is 9.47 Å². The third-order valence-corrected chi connectivity index (χ3v) is 13.1. The van der Waals surface area contributed by atoms with E-state index in [1.807, 2.05) is 30.4 Å². The molecule has 10 rings (SSSR count). The minimum absolute atomic E-state index is 0.0408. The van der Waals surface area contributed by atoms with Gasteiger partial charge in [0.05, 0.1) is 11.0 Å². The van der Waals surface area contributed by atoms with E-state index < -0.39 is 23.2 Å². The average Bonchev–Trinajstić information content (AvgIpc) is 3.60. The van der Waals surface area contributed by atoms with Gasteiger partial charge in [0.15, 0.2) is 34.9 Å². The van der Waals surface area contributed by atoms with Gasteiger partial charge in [-0.15, -0.1) is 13.2 Å². The molecule has 4 heterocycles. The lowest BCUT2D eigenvalue weighted by molar-refractivity contribution is -0.187. The van der Waals surface area contributed by atoms with Crippen LogP contribution in [0.1, 0.15) is 47.9 Å². The second-order valence-corrected chi connectivity index (χ2v) is 14.8. The molecule has 2 spiro atoms. The third-order valence-electron chi connectivity index (χ3n) is 13.1. The van der Waals surface area contributed by atoms with Gasteiger partial charge in [-0.2, -0.15) is 0 Å². The van der Waals surface area contributed by atoms with E-state index in [0.29, 0.717) is 49.1 Å². The predicted molar refractivity (Wildman–Crippen MR) is 174 cm³/mol. The molecule has 47 heavy (non-hydrogen) atoms. The number of piperidine rings is 2. The summed E-state index contributed by atoms with van der Waals surface area (Å²) in [6, 6.07) is 7.68. The summed E-state index contributed by atoms with van der Waals surface area (Å²) in [5.41, 5.74) is 2.48. The average molecular weight is 639 g/mol. The Kier molecular flexibility index (Phi) is 6.25. The Morgan fingerprint density at radius 2 is 1.55 bits per heavy atom. The number of aliphatic hydroxyl groups excluding tert-OH is 1. The molecule has 4 bridgehead atoms. The first-order chi connectivity index (χ1) is 22.7. The zero-order chi connectivity index (χ0) is 32.5. The van der Waals surface area contributed by atoms with Crippen LogP contribution in [0, 0.1) is 5.92 Å². The highest BCUT2D eigenvalue weighted by atomic mass is 16.5. The number of aromatic hydroxyl groups is 2. The van der Waals surface area contributed by atoms with Crippen molar-refractivity contribution in [2.75, 3.05) is 26.2 Å². The van der Waals surface area contributed by atoms with Gasteiger partial charge in [0, 0.05) is 60.6 Å². The minimum atomic E-state index is -1.00. The smallest absolute Gasteiger partial charge is 0.174 e. The zero-order valence-electron chi connectivity index (χ0n) is 26.5. The molecule has 0 radical (unpaired) electrons. The van der Waals surface area contributed by atoms with Crippen LogP contribution < -0.4 is 9.47 Å². The molecule has 2 aromatic carbocycles. The molecule has 4 aliphatic carbocycles. The number of hydrogen-bond acceptors (Lipinski definition) is 9. The molecule has 0 unspecified atom stereocenters. The third kappa shape index (κ3) is 3.50. The zero-order valence-corrected chi connectivity index (χ0v) is 26.5. The van der Waals surface area contributed by atoms with Crippen LogP contribution in [0.2, 0.25) is 0 Å². The summed E-state index contributed by atoms with van der Waals surface area (Å²) in [6.07, 6.45) is 10.4. The molecular formula is C38H42N2O7. The van der Waals surface area contributed by atoms with Crippen LogP contribution in [0.5, 0.6) is 23.0 Å². The second kappa shape index (κ2) is 9.95. The van der Waals surface area contributed by atoms with Crippen molar-refractivity contribution < 1.29 is 34.7 Å². The predicted octanol–water partition coefficient (Wildman–Crippen LogP) is 3.06. The van der Waals surface area contributed by atoms with Gasteiger partial charge in [-0.25, -0.2) is 0 Å². The van der Waals surface area contributed by atoms with E-state index in [2.05, 4.69) is 29.0 Å². The van der Waals surface area contributed by atoms with Crippen LogP contribution in [-0.4, -0.2) is 98.2 Å². The summed E-state index contributed by atoms with van der Waals surface area (Å²) < 4.78 is 12.1. The Bertz CT molecular complexity index is 1760. The number of phenols is 2. The fourth-order valence-corrected chi connectivity index (χ4v) is 11.3. The maximum atomic E-state index is 12.6. The Labute approximate surface area is 274 Å². The lowest BCUT2D eigenvalue weighted by Gasteiger charge is -2.62. The van der Waals surface area contributed by atoms with Gasteiger partial charge in [-0.05, 0) is 61.9 Å². The number of aliphatic hydroxyl groups is 2. The number of rotatable bonds is 4. The van der Waals surface area contributed by atoms with Gasteiger partial charge in [-0.3, -0.25) is 14.6 Å². The summed E-state index contributed by atoms with van der Waals surface area (Å²) in [4.78, 5) is 17.4. The summed E-state index contributed by atoms with van der Waals surface area (Å²) in [5, 5.41) is 42.9. The summed E-state index contributed by atoms with van der Waals surface area (Å²) >= 11 is 0. The number of ether oxygens (including phenoxy) is 2. The first kappa shape index (κ1) is 29.5. The lowest BCUT2D eigenvalue weighted by atomic mass is 9.49. The molecule has 4 aliphatic heterocycles. The van der Waals surface area contributed by atoms with Crippen LogP contribution >= 0.6 is 0 Å². The van der Waals surface area contributed by atoms with Gasteiger partial charge in [0.25, 0.3) is 0 Å². The monoisotopic (exact) mass is 638 g/mol. The normalized spacial score (nSPS) is 39.5. The topological polar surface area (TPSA) is 123 Å². The summed E-state index contributed by atoms with van der Waals surface area (Å²) in [5.74, 6) is 1.65. The molecule has 246 valence electrons. The van der Waals surface area contributed by atoms with E-state index in [1.165, 1.54) is 5.56 Å². The van der Waals surface area contributed by atoms with Crippen molar-refractivity contribution in [2.45, 2.75) is 85.4 Å². The molecular weight excluding hydrogens is 596 g/mol. The van der Waals surface area contributed by atoms with Crippen molar-refractivity contribution in [1.29, 1.82) is 0 Å². The SMILES string of the molecule is C=CCN1CC[C@]23c4c5ccc(O)c4O[C@H]2C(=O)CC[C@@]3(O)[C@H]1C5.C=CCN1CC[C@]23c4c5ccc(O)c4O[C@H]2[C@@H](O)C=C[C@H]3[C@H]1C5. The largest absolute Gasteiger partial charge is 0.504 e. The molecule has 0 amide bonds. The summed E-state index contributed by atoms with van der Waals surface area (Å²) in [6.45, 7) is 11.1. The number of likely N-dealkylation sites (tertiary alicyclic amines) is 2. The standard InChI is InChI=1S/C19H21NO4.C19H21NO3/c1-2-8-20-9-7-18-15-11-3-4-12(21)16(15)24-17(18)13(22)5-6-19(18,23)14(20)10-11;1-2-8-20-9-7-19-12-4-6-15(22)18(19)23-17-14(21)5-3-11(16(17)19)10-13(12)20/h2-4,14,17,21,23H,1,5-10H2;2-6,12-13,15,18,21-22H,1,7-10H2/t14-,17+,18+,19-;12-,13+,15-,18-,19-/m10/s1. The second-order valence-electron chi connectivity index (χ2n) is 14.8. The van der Waals surface area contributed by atoms with E-state index in [1.54, 1.807) is 12.1 Å². The molecule has 2 aromatic rings. The number of nitrogens with zero attached hydrogens (tertiary/aromatic N) is 2. The molecule has 8 aliphatic rings. The Morgan fingerprint density at radius 1 is 0.872 bits per heavy atom. The van der Waals surface area contributed by atoms with Gasteiger partial charge in [-0.1, -0.05) is 36.4 Å². The molecule has 2 saturated heterocycles. The highest BCUT2D eigenvalue weighted by Crippen LogP contribution is 2.65. The number of ketones is 1. The maximum Gasteiger partial charge on any atom is 0.174 e. The molecule has 4 N–H and O–H groups in total. The van der Waals surface area contributed by atoms with Crippen LogP contribution in [0.15, 0.2) is 61.7 Å². The highest BCUT2D eigenvalue weighted by molar-refractivity contribution is 5.90. The van der Waals surface area contributed by atoms with Gasteiger partial charge < -0.3 is 29.9 Å². The summed E-state index contributed by atoms with van der Waals surface area (Å²) in [7, 11) is 0. The number of benzene rings is 2. The highest BCUT2D eigenvalue weighted by Gasteiger charge is 2.73. The number of hydrogen-bond donors (Lipinski definition) is 4. The van der Waals surface area contributed by atoms with Crippen molar-refractivity contribution in [2.24, 2.45) is 5.92 Å². The van der Waals surface area contributed by atoms with Crippen molar-refractivity contribution >= 4 is 5.78 Å². The molecule has 9 nitrogen and oxygen atoms in total. The van der Waals surface area contributed by atoms with Gasteiger partial charge >= 0.3 is 0 Å². The van der Waals surface area contributed by atoms with E-state index in [9.17, 15) is 25.2 Å². The van der Waals surface area contributed by atoms with Crippen molar-refractivity contribution in [3.05, 3.63) is 84.0 Å². The van der Waals surface area contributed by atoms with E-state index in [-0.39, 0.29) is 34.8 Å². The first-order valence-corrected chi connectivity index (χ1v) is 17.0. The van der Waals surface area contributed by atoms with Crippen LogP contribution in [-0.2, 0) is 28.5 Å². The fourth-order valence-electron chi connectivity index (χ4n) is 11.3. The minimum Gasteiger partial charge on any atom is -0.504 e. The molecule has 1 saturated carbocycles. The van der Waals surface area contributed by atoms with Gasteiger partial charge in [0.2, 0.25) is 0 Å². The quantitative estimate of drug-likeness (QED) is 0.375. The number of Topliss-reactive ketones (excluding diaryl/α,β-unsaturated/α-hetero) is 1. The van der Waals surface area contributed by atoms with Crippen LogP contribution in [0.4, 0.5) is 0 Å². The molecule has 0 aromatic heterocycles. The van der Waals surface area contributed by atoms with Crippen molar-refractivity contribution in [3.8, 4) is 23.0 Å². The number of carbonyl (C=O) groups excluding carboxylic acids is 1. The van der Waals surface area contributed by atoms with Crippen molar-refractivity contribution in [1.82, 2.24) is 9.80 Å². The maximum absolute atomic E-state index is 12.6. The molecule has 3 fully saturated rings. The fraction of sp³-hybridized carbons (Fsp3) is 0.500. The van der Waals surface area contributed by atoms with E-state index in [0.717, 1.165) is 55.7 Å². The lowest BCUT2D eigenvalue weighted by Crippen LogP contribution is -2.76. The molecule has 9 atom stereocenters. The Morgan fingerprint density at radius 3 is 2.30 bits per heavy atom. The number of phenolic OH excluding ortho intramolecular Hbond substituents is 2. The van der Waals surface area contributed by atoms with Crippen LogP contribution in [0.25, 0.3) is 0 Å².